The minimum atomic E-state index is 0. The van der Waals surface area contributed by atoms with Crippen LogP contribution in [0.4, 0.5) is 0 Å². The van der Waals surface area contributed by atoms with Crippen molar-refractivity contribution in [2.45, 2.75) is 12.8 Å². The molecule has 2 aliphatic carbocycles. The van der Waals surface area contributed by atoms with Crippen LogP contribution in [0.25, 0.3) is 5.57 Å². The van der Waals surface area contributed by atoms with Crippen LogP contribution in [-0.2, 0) is 25.0 Å². The zero-order valence-corrected chi connectivity index (χ0v) is 9.30. The van der Waals surface area contributed by atoms with E-state index in [1.165, 1.54) is 29.5 Å². The summed E-state index contributed by atoms with van der Waals surface area (Å²) >= 11 is 0. The predicted octanol–water partition coefficient (Wildman–Crippen LogP) is 3.00. The zero-order valence-electron chi connectivity index (χ0n) is 7.90. The second kappa shape index (κ2) is 3.80. The number of hydrogen-bond donors (Lipinski definition) is 0. The summed E-state index contributed by atoms with van der Waals surface area (Å²) in [6, 6.07) is 8.73. The van der Waals surface area contributed by atoms with E-state index in [1.54, 1.807) is 0 Å². The first kappa shape index (κ1) is 9.82. The van der Waals surface area contributed by atoms with Gasteiger partial charge in [-0.1, -0.05) is 36.6 Å². The first-order valence-corrected chi connectivity index (χ1v) is 4.83. The van der Waals surface area contributed by atoms with Gasteiger partial charge in [-0.15, -0.1) is 5.57 Å². The van der Waals surface area contributed by atoms with Gasteiger partial charge in [-0.05, 0) is 17.5 Å². The smallest absolute Gasteiger partial charge is 0 e. The standard InChI is InChI=1S/C13H11.V/c1-2-6-12-10(4-1)8-9-11-5-3-7-13(11)12;/h1-4,6-7,11H,8-9H2;/q-1;. The summed E-state index contributed by atoms with van der Waals surface area (Å²) in [6.07, 6.45) is 10.1. The Labute approximate surface area is 96.6 Å². The Bertz CT molecular complexity index is 401. The topological polar surface area (TPSA) is 0 Å². The van der Waals surface area contributed by atoms with Crippen LogP contribution < -0.4 is 0 Å². The SMILES string of the molecule is [C-]1=CC=C2c3ccccc3CCC12.[V]. The van der Waals surface area contributed by atoms with Gasteiger partial charge in [-0.2, -0.15) is 0 Å². The van der Waals surface area contributed by atoms with E-state index in [9.17, 15) is 0 Å². The monoisotopic (exact) mass is 218 g/mol. The van der Waals surface area contributed by atoms with E-state index in [0.717, 1.165) is 0 Å². The molecule has 0 amide bonds. The average Bonchev–Trinajstić information content (AvgIpc) is 2.65. The molecule has 0 heterocycles. The third-order valence-corrected chi connectivity index (χ3v) is 2.97. The number of allylic oxidation sites excluding steroid dienone is 4. The fourth-order valence-corrected chi connectivity index (χ4v) is 2.30. The molecule has 0 nitrogen and oxygen atoms in total. The van der Waals surface area contributed by atoms with E-state index < -0.39 is 0 Å². The molecule has 1 heteroatoms. The first-order valence-electron chi connectivity index (χ1n) is 4.83. The molecule has 0 spiro atoms. The van der Waals surface area contributed by atoms with Crippen LogP contribution in [-0.4, -0.2) is 0 Å². The minimum Gasteiger partial charge on any atom is -0.269 e. The van der Waals surface area contributed by atoms with Crippen molar-refractivity contribution < 1.29 is 18.6 Å². The van der Waals surface area contributed by atoms with Crippen LogP contribution in [0.1, 0.15) is 17.5 Å². The van der Waals surface area contributed by atoms with Crippen molar-refractivity contribution in [2.75, 3.05) is 0 Å². The fraction of sp³-hybridized carbons (Fsp3) is 0.231. The number of fused-ring (bicyclic) bond motifs is 3. The summed E-state index contributed by atoms with van der Waals surface area (Å²) in [4.78, 5) is 0. The maximum atomic E-state index is 3.38. The number of hydrogen-bond acceptors (Lipinski definition) is 0. The Morgan fingerprint density at radius 3 is 3.00 bits per heavy atom. The van der Waals surface area contributed by atoms with Gasteiger partial charge in [0.1, 0.15) is 0 Å². The van der Waals surface area contributed by atoms with Crippen molar-refractivity contribution in [3.8, 4) is 0 Å². The number of rotatable bonds is 0. The van der Waals surface area contributed by atoms with Gasteiger partial charge in [0.05, 0.1) is 0 Å². The Morgan fingerprint density at radius 2 is 2.07 bits per heavy atom. The van der Waals surface area contributed by atoms with Gasteiger partial charge >= 0.3 is 0 Å². The molecule has 1 aromatic carbocycles. The van der Waals surface area contributed by atoms with Crippen molar-refractivity contribution in [3.05, 3.63) is 53.6 Å². The Kier molecular flexibility index (Phi) is 2.67. The molecule has 0 saturated carbocycles. The molecule has 0 fully saturated rings. The predicted molar refractivity (Wildman–Crippen MR) is 54.0 cm³/mol. The molecule has 1 atom stereocenters. The van der Waals surface area contributed by atoms with E-state index in [0.29, 0.717) is 5.92 Å². The van der Waals surface area contributed by atoms with Gasteiger partial charge in [0.2, 0.25) is 0 Å². The number of aryl methyl sites for hydroxylation is 1. The third-order valence-electron chi connectivity index (χ3n) is 2.97. The summed E-state index contributed by atoms with van der Waals surface area (Å²) < 4.78 is 0. The second-order valence-electron chi connectivity index (χ2n) is 3.70. The molecule has 0 aromatic heterocycles. The molecular weight excluding hydrogens is 207 g/mol. The molecule has 2 aliphatic rings. The molecule has 0 saturated heterocycles. The maximum absolute atomic E-state index is 3.38. The van der Waals surface area contributed by atoms with Crippen LogP contribution in [0, 0.1) is 12.0 Å². The van der Waals surface area contributed by atoms with Crippen LogP contribution in [0.3, 0.4) is 0 Å². The second-order valence-corrected chi connectivity index (χ2v) is 3.70. The van der Waals surface area contributed by atoms with Gasteiger partial charge in [-0.25, -0.2) is 12.2 Å². The zero-order chi connectivity index (χ0) is 8.67. The van der Waals surface area contributed by atoms with Crippen LogP contribution in [0.15, 0.2) is 36.4 Å². The van der Waals surface area contributed by atoms with Crippen LogP contribution >= 0.6 is 0 Å². The Balaban J connectivity index is 0.000000750. The molecule has 69 valence electrons. The fourth-order valence-electron chi connectivity index (χ4n) is 2.30. The third kappa shape index (κ3) is 1.39. The molecule has 0 aliphatic heterocycles. The summed E-state index contributed by atoms with van der Waals surface area (Å²) in [5.74, 6) is 0.579. The summed E-state index contributed by atoms with van der Waals surface area (Å²) in [6.45, 7) is 0. The molecule has 14 heavy (non-hydrogen) atoms. The van der Waals surface area contributed by atoms with E-state index in [-0.39, 0.29) is 18.6 Å². The molecule has 1 unspecified atom stereocenters. The summed E-state index contributed by atoms with van der Waals surface area (Å²) in [5.41, 5.74) is 4.42. The Morgan fingerprint density at radius 1 is 1.21 bits per heavy atom. The van der Waals surface area contributed by atoms with Gasteiger partial charge in [-0.3, -0.25) is 6.08 Å². The van der Waals surface area contributed by atoms with Crippen molar-refractivity contribution in [2.24, 2.45) is 5.92 Å². The molecule has 3 rings (SSSR count). The van der Waals surface area contributed by atoms with Crippen molar-refractivity contribution in [1.82, 2.24) is 0 Å². The van der Waals surface area contributed by atoms with Crippen molar-refractivity contribution in [1.29, 1.82) is 0 Å². The Hall–Kier alpha value is -0.716. The summed E-state index contributed by atoms with van der Waals surface area (Å²) in [7, 11) is 0. The van der Waals surface area contributed by atoms with Gasteiger partial charge in [0, 0.05) is 18.6 Å². The first-order chi connectivity index (χ1) is 6.45. The molecule has 0 bridgehead atoms. The van der Waals surface area contributed by atoms with E-state index in [2.05, 4.69) is 42.5 Å². The molecule has 1 radical (unpaired) electrons. The normalized spacial score (nSPS) is 22.0. The van der Waals surface area contributed by atoms with Crippen LogP contribution in [0.2, 0.25) is 0 Å². The van der Waals surface area contributed by atoms with E-state index in [4.69, 9.17) is 0 Å². The molecule has 1 aromatic rings. The maximum Gasteiger partial charge on any atom is 0 e. The van der Waals surface area contributed by atoms with Crippen LogP contribution in [0.5, 0.6) is 0 Å². The molecule has 0 N–H and O–H groups in total. The van der Waals surface area contributed by atoms with Gasteiger partial charge in [0.15, 0.2) is 0 Å². The average molecular weight is 218 g/mol. The minimum absolute atomic E-state index is 0. The largest absolute Gasteiger partial charge is 0.269 e. The van der Waals surface area contributed by atoms with Crippen molar-refractivity contribution in [3.63, 3.8) is 0 Å². The van der Waals surface area contributed by atoms with E-state index in [1.807, 2.05) is 0 Å². The van der Waals surface area contributed by atoms with E-state index >= 15 is 0 Å². The molecular formula is C13H11V-. The van der Waals surface area contributed by atoms with Gasteiger partial charge < -0.3 is 0 Å². The number of benzene rings is 1. The van der Waals surface area contributed by atoms with Gasteiger partial charge in [0.25, 0.3) is 0 Å². The summed E-state index contributed by atoms with van der Waals surface area (Å²) in [5, 5.41) is 0. The van der Waals surface area contributed by atoms with Crippen molar-refractivity contribution >= 4 is 5.57 Å². The quantitative estimate of drug-likeness (QED) is 0.587.